The van der Waals surface area contributed by atoms with Crippen LogP contribution >= 0.6 is 8.20 Å². The first-order valence-electron chi connectivity index (χ1n) is 8.07. The largest absolute Gasteiger partial charge is 0.823 e. The van der Waals surface area contributed by atoms with Gasteiger partial charge in [-0.05, 0) is 26.3 Å². The topological polar surface area (TPSA) is 50.8 Å². The van der Waals surface area contributed by atoms with Gasteiger partial charge in [0.15, 0.2) is 0 Å². The molecule has 0 saturated heterocycles. The molecule has 0 spiro atoms. The molecule has 2 rings (SSSR count). The van der Waals surface area contributed by atoms with E-state index in [1.54, 1.807) is 0 Å². The lowest BCUT2D eigenvalue weighted by molar-refractivity contribution is -0.207. The highest BCUT2D eigenvalue weighted by molar-refractivity contribution is 7.49. The van der Waals surface area contributed by atoms with E-state index in [-0.39, 0.29) is 5.48 Å². The summed E-state index contributed by atoms with van der Waals surface area (Å²) in [5.41, 5.74) is 0.666. The van der Waals surface area contributed by atoms with Crippen LogP contribution < -0.4 is 24.6 Å². The van der Waals surface area contributed by atoms with Crippen LogP contribution in [-0.4, -0.2) is 25.3 Å². The summed E-state index contributed by atoms with van der Waals surface area (Å²) in [7, 11) is 0.520. The van der Waals surface area contributed by atoms with Crippen LogP contribution in [0.1, 0.15) is 26.3 Å². The van der Waals surface area contributed by atoms with Gasteiger partial charge in [0.25, 0.3) is 0 Å². The van der Waals surface area contributed by atoms with Crippen molar-refractivity contribution < 1.29 is 19.3 Å². The maximum atomic E-state index is 12.6. The molecule has 0 bridgehead atoms. The molecule has 128 valence electrons. The number of benzene rings is 2. The van der Waals surface area contributed by atoms with Crippen molar-refractivity contribution in [2.24, 2.45) is 0 Å². The summed E-state index contributed by atoms with van der Waals surface area (Å²) in [5, 5.41) is 13.3. The molecule has 0 atom stereocenters. The third kappa shape index (κ3) is 4.73. The van der Waals surface area contributed by atoms with Gasteiger partial charge in [0.05, 0.1) is 25.1 Å². The summed E-state index contributed by atoms with van der Waals surface area (Å²) in [6.45, 7) is 7.30. The summed E-state index contributed by atoms with van der Waals surface area (Å²) in [6.07, 6.45) is 0. The maximum Gasteiger partial charge on any atom is 0.138 e. The molecule has 5 heteroatoms. The molecule has 0 aromatic heterocycles. The zero-order chi connectivity index (χ0) is 17.4. The fourth-order valence-corrected chi connectivity index (χ4v) is 3.16. The molecule has 0 radical (unpaired) electrons. The lowest BCUT2D eigenvalue weighted by Gasteiger charge is -2.18. The van der Waals surface area contributed by atoms with Crippen LogP contribution in [-0.2, 0) is 0 Å². The molecule has 0 fully saturated rings. The lowest BCUT2D eigenvalue weighted by atomic mass is 10.2. The fraction of sp³-hybridized carbons (Fsp3) is 0.316. The first kappa shape index (κ1) is 18.3. The second-order valence-electron chi connectivity index (χ2n) is 4.85. The third-order valence-electron chi connectivity index (χ3n) is 3.16. The van der Waals surface area contributed by atoms with Crippen molar-refractivity contribution in [1.82, 2.24) is 0 Å². The Balaban J connectivity index is 2.52. The average Bonchev–Trinajstić information content (AvgIpc) is 2.59. The Labute approximate surface area is 144 Å². The van der Waals surface area contributed by atoms with E-state index in [9.17, 15) is 5.11 Å². The van der Waals surface area contributed by atoms with E-state index in [1.807, 2.05) is 63.2 Å². The van der Waals surface area contributed by atoms with Gasteiger partial charge in [0, 0.05) is 12.1 Å². The van der Waals surface area contributed by atoms with Gasteiger partial charge in [-0.2, -0.15) is 0 Å². The van der Waals surface area contributed by atoms with Crippen LogP contribution in [0.25, 0.3) is 0 Å². The monoisotopic (exact) mass is 345 g/mol. The summed E-state index contributed by atoms with van der Waals surface area (Å²) < 4.78 is 17.0. The molecule has 24 heavy (non-hydrogen) atoms. The summed E-state index contributed by atoms with van der Waals surface area (Å²) in [4.78, 5) is 0. The Morgan fingerprint density at radius 3 is 1.92 bits per heavy atom. The molecular formula is C19H22O4P-. The van der Waals surface area contributed by atoms with Crippen LogP contribution in [0.4, 0.5) is 0 Å². The van der Waals surface area contributed by atoms with Gasteiger partial charge in [-0.3, -0.25) is 0 Å². The number of ether oxygens (including phenoxy) is 3. The van der Waals surface area contributed by atoms with Crippen molar-refractivity contribution >= 4 is 19.0 Å². The molecule has 0 aliphatic rings. The highest BCUT2D eigenvalue weighted by Gasteiger charge is 2.13. The maximum absolute atomic E-state index is 12.6. The van der Waals surface area contributed by atoms with Crippen molar-refractivity contribution in [3.05, 3.63) is 48.0 Å². The van der Waals surface area contributed by atoms with E-state index in [0.717, 1.165) is 5.30 Å². The molecule has 0 heterocycles. The van der Waals surface area contributed by atoms with Crippen LogP contribution in [0.3, 0.4) is 0 Å². The van der Waals surface area contributed by atoms with Crippen molar-refractivity contribution in [1.29, 1.82) is 0 Å². The predicted molar refractivity (Wildman–Crippen MR) is 97.1 cm³/mol. The third-order valence-corrected chi connectivity index (χ3v) is 4.28. The predicted octanol–water partition coefficient (Wildman–Crippen LogP) is 2.99. The molecule has 0 saturated carbocycles. The zero-order valence-corrected chi connectivity index (χ0v) is 15.1. The van der Waals surface area contributed by atoms with Gasteiger partial charge in [0.2, 0.25) is 0 Å². The first-order chi connectivity index (χ1) is 11.7. The molecule has 0 amide bonds. The quantitative estimate of drug-likeness (QED) is 0.690. The van der Waals surface area contributed by atoms with Gasteiger partial charge < -0.3 is 19.3 Å². The fourth-order valence-electron chi connectivity index (χ4n) is 2.20. The molecule has 0 aliphatic carbocycles. The molecule has 2 aromatic carbocycles. The second-order valence-corrected chi connectivity index (χ2v) is 5.93. The molecule has 0 aliphatic heterocycles. The van der Waals surface area contributed by atoms with E-state index in [2.05, 4.69) is 0 Å². The first-order valence-corrected chi connectivity index (χ1v) is 8.96. The van der Waals surface area contributed by atoms with E-state index in [1.165, 1.54) is 0 Å². The van der Waals surface area contributed by atoms with Crippen LogP contribution in [0.2, 0.25) is 0 Å². The highest BCUT2D eigenvalue weighted by atomic mass is 31.1. The minimum absolute atomic E-state index is 0.00154. The van der Waals surface area contributed by atoms with E-state index in [0.29, 0.717) is 50.8 Å². The lowest BCUT2D eigenvalue weighted by Crippen LogP contribution is -2.19. The van der Waals surface area contributed by atoms with Crippen molar-refractivity contribution in [3.8, 4) is 17.2 Å². The van der Waals surface area contributed by atoms with Crippen molar-refractivity contribution in [2.75, 3.05) is 19.8 Å². The smallest absolute Gasteiger partial charge is 0.138 e. The molecule has 2 aromatic rings. The Morgan fingerprint density at radius 2 is 1.42 bits per heavy atom. The Hall–Kier alpha value is -2.03. The summed E-state index contributed by atoms with van der Waals surface area (Å²) in [6, 6.07) is 12.9. The van der Waals surface area contributed by atoms with Crippen molar-refractivity contribution in [3.63, 3.8) is 0 Å². The number of rotatable bonds is 8. The van der Waals surface area contributed by atoms with E-state index in [4.69, 9.17) is 14.2 Å². The molecule has 0 N–H and O–H groups in total. The van der Waals surface area contributed by atoms with Crippen LogP contribution in [0, 0.1) is 0 Å². The van der Waals surface area contributed by atoms with Crippen molar-refractivity contribution in [2.45, 2.75) is 20.8 Å². The average molecular weight is 345 g/mol. The standard InChI is InChI=1S/C19H23O4P/c1-4-21-15-12-16(22-5-2)18(17(13-15)23-6-3)24-19(20)14-10-8-7-9-11-14/h7-13,20H,4-6H2,1-3H3/p-1. The minimum atomic E-state index is 0.00154. The normalized spacial score (nSPS) is 11.2. The second kappa shape index (κ2) is 9.31. The molecule has 4 nitrogen and oxygen atoms in total. The van der Waals surface area contributed by atoms with Crippen LogP contribution in [0.15, 0.2) is 42.5 Å². The van der Waals surface area contributed by atoms with Crippen LogP contribution in [0.5, 0.6) is 17.2 Å². The Kier molecular flexibility index (Phi) is 7.10. The van der Waals surface area contributed by atoms with Gasteiger partial charge >= 0.3 is 0 Å². The Morgan fingerprint density at radius 1 is 0.875 bits per heavy atom. The van der Waals surface area contributed by atoms with E-state index >= 15 is 0 Å². The minimum Gasteiger partial charge on any atom is -0.823 e. The summed E-state index contributed by atoms with van der Waals surface area (Å²) >= 11 is 0. The Bertz CT molecular complexity index is 656. The SMILES string of the molecule is CCOc1cc(OCC)c(P=C([O-])c2ccccc2)c(OCC)c1. The zero-order valence-electron chi connectivity index (χ0n) is 14.2. The molecular weight excluding hydrogens is 323 g/mol. The summed E-state index contributed by atoms with van der Waals surface area (Å²) in [5.74, 6) is 1.92. The van der Waals surface area contributed by atoms with E-state index < -0.39 is 0 Å². The molecule has 0 unspecified atom stereocenters. The van der Waals surface area contributed by atoms with Gasteiger partial charge in [-0.1, -0.05) is 38.5 Å². The van der Waals surface area contributed by atoms with Gasteiger partial charge in [-0.25, -0.2) is 0 Å². The highest BCUT2D eigenvalue weighted by Crippen LogP contribution is 2.30. The number of hydrogen-bond acceptors (Lipinski definition) is 4. The number of hydrogen-bond donors (Lipinski definition) is 0. The van der Waals surface area contributed by atoms with Gasteiger partial charge in [-0.15, -0.1) is 5.48 Å². The van der Waals surface area contributed by atoms with Gasteiger partial charge in [0.1, 0.15) is 17.2 Å².